The Kier molecular flexibility index (Phi) is 6.54. The van der Waals surface area contributed by atoms with Crippen LogP contribution in [0, 0.1) is 6.92 Å². The van der Waals surface area contributed by atoms with Crippen LogP contribution in [0.15, 0.2) is 66.7 Å². The Hall–Kier alpha value is -3.85. The minimum absolute atomic E-state index is 0.136. The van der Waals surface area contributed by atoms with Gasteiger partial charge in [-0.25, -0.2) is 0 Å². The molecule has 0 heterocycles. The molecular formula is C28H26F3NO5. The van der Waals surface area contributed by atoms with Crippen molar-refractivity contribution in [1.29, 1.82) is 0 Å². The summed E-state index contributed by atoms with van der Waals surface area (Å²) in [5.41, 5.74) is -1.95. The van der Waals surface area contributed by atoms with E-state index < -0.39 is 22.9 Å². The summed E-state index contributed by atoms with van der Waals surface area (Å²) >= 11 is 0. The third-order valence-electron chi connectivity index (χ3n) is 6.57. The average molecular weight is 514 g/mol. The number of carbonyl (C=O) groups excluding carboxylic acids is 2. The molecule has 6 nitrogen and oxygen atoms in total. The Morgan fingerprint density at radius 3 is 2.19 bits per heavy atom. The third-order valence-corrected chi connectivity index (χ3v) is 6.57. The van der Waals surface area contributed by atoms with Gasteiger partial charge in [-0.2, -0.15) is 13.2 Å². The van der Waals surface area contributed by atoms with Crippen LogP contribution >= 0.6 is 0 Å². The minimum Gasteiger partial charge on any atom is -0.476 e. The highest BCUT2D eigenvalue weighted by atomic mass is 19.4. The lowest BCUT2D eigenvalue weighted by atomic mass is 10.1. The molecule has 0 spiro atoms. The number of hydrogen-bond donors (Lipinski definition) is 1. The number of aryl methyl sites for hydroxylation is 1. The smallest absolute Gasteiger partial charge is 0.416 e. The van der Waals surface area contributed by atoms with Gasteiger partial charge in [0.25, 0.3) is 5.91 Å². The molecule has 1 saturated carbocycles. The van der Waals surface area contributed by atoms with Crippen LogP contribution in [-0.2, 0) is 17.5 Å². The number of Topliss-reactive ketones (excluding diaryl/α,β-unsaturated/α-hetero) is 1. The van der Waals surface area contributed by atoms with Gasteiger partial charge in [0.15, 0.2) is 5.60 Å². The molecule has 0 bridgehead atoms. The Balaban J connectivity index is 1.42. The van der Waals surface area contributed by atoms with E-state index in [1.807, 2.05) is 0 Å². The highest BCUT2D eigenvalue weighted by molar-refractivity contribution is 6.13. The van der Waals surface area contributed by atoms with Crippen molar-refractivity contribution in [3.63, 3.8) is 0 Å². The number of benzene rings is 3. The molecule has 0 radical (unpaired) electrons. The Morgan fingerprint density at radius 1 is 1.00 bits per heavy atom. The predicted molar refractivity (Wildman–Crippen MR) is 130 cm³/mol. The second-order valence-corrected chi connectivity index (χ2v) is 9.45. The number of ether oxygens (including phenoxy) is 2. The van der Waals surface area contributed by atoms with Crippen LogP contribution in [0.25, 0.3) is 0 Å². The third kappa shape index (κ3) is 5.17. The first-order chi connectivity index (χ1) is 17.2. The van der Waals surface area contributed by atoms with Crippen LogP contribution in [0.2, 0.25) is 0 Å². The monoisotopic (exact) mass is 513 g/mol. The molecule has 0 saturated heterocycles. The molecule has 0 aromatic heterocycles. The molecule has 2 atom stereocenters. The molecule has 1 amide bonds. The van der Waals surface area contributed by atoms with Gasteiger partial charge >= 0.3 is 6.18 Å². The van der Waals surface area contributed by atoms with Gasteiger partial charge in [0, 0.05) is 19.2 Å². The fourth-order valence-electron chi connectivity index (χ4n) is 3.96. The summed E-state index contributed by atoms with van der Waals surface area (Å²) in [4.78, 5) is 26.2. The highest BCUT2D eigenvalue weighted by Crippen LogP contribution is 2.46. The van der Waals surface area contributed by atoms with Crippen molar-refractivity contribution in [1.82, 2.24) is 4.90 Å². The quantitative estimate of drug-likeness (QED) is 0.448. The SMILES string of the molecule is Cc1cc(Oc2cccc(C(=O)N(C)Cc3ccc(C(F)(F)F)cc3)c2)ccc1OC1(C)C(=O)C1(C)O. The van der Waals surface area contributed by atoms with E-state index in [1.54, 1.807) is 56.4 Å². The Labute approximate surface area is 212 Å². The molecule has 0 aliphatic heterocycles. The number of nitrogens with zero attached hydrogens (tertiary/aromatic N) is 1. The standard InChI is InChI=1S/C28H26F3NO5/c1-17-14-22(12-13-23(17)37-27(3)25(34)26(27,2)35)36-21-7-5-6-19(15-21)24(33)32(4)16-18-8-10-20(11-9-18)28(29,30)31/h5-15,35H,16H2,1-4H3. The number of alkyl halides is 3. The van der Waals surface area contributed by atoms with E-state index in [9.17, 15) is 27.9 Å². The summed E-state index contributed by atoms with van der Waals surface area (Å²) in [5.74, 6) is 0.625. The van der Waals surface area contributed by atoms with Gasteiger partial charge in [0.2, 0.25) is 11.4 Å². The maximum absolute atomic E-state index is 12.9. The van der Waals surface area contributed by atoms with Crippen LogP contribution in [0.3, 0.4) is 0 Å². The van der Waals surface area contributed by atoms with Gasteiger partial charge in [-0.1, -0.05) is 18.2 Å². The van der Waals surface area contributed by atoms with E-state index >= 15 is 0 Å². The second kappa shape index (κ2) is 9.23. The van der Waals surface area contributed by atoms with Gasteiger partial charge < -0.3 is 19.5 Å². The van der Waals surface area contributed by atoms with E-state index in [0.717, 1.165) is 12.1 Å². The number of ketones is 1. The van der Waals surface area contributed by atoms with Gasteiger partial charge in [-0.05, 0) is 80.4 Å². The fraction of sp³-hybridized carbons (Fsp3) is 0.286. The molecule has 1 aliphatic carbocycles. The zero-order chi connectivity index (χ0) is 27.2. The first kappa shape index (κ1) is 26.2. The molecular weight excluding hydrogens is 487 g/mol. The summed E-state index contributed by atoms with van der Waals surface area (Å²) in [5, 5.41) is 10.1. The van der Waals surface area contributed by atoms with Crippen LogP contribution in [-0.4, -0.2) is 39.9 Å². The molecule has 4 rings (SSSR count). The number of amides is 1. The number of hydrogen-bond acceptors (Lipinski definition) is 5. The van der Waals surface area contributed by atoms with Crippen molar-refractivity contribution < 1.29 is 37.3 Å². The van der Waals surface area contributed by atoms with Crippen molar-refractivity contribution in [3.05, 3.63) is 89.0 Å². The first-order valence-corrected chi connectivity index (χ1v) is 11.5. The molecule has 37 heavy (non-hydrogen) atoms. The average Bonchev–Trinajstić information content (AvgIpc) is 3.22. The number of rotatable bonds is 7. The summed E-state index contributed by atoms with van der Waals surface area (Å²) in [6.45, 7) is 4.87. The van der Waals surface area contributed by atoms with Crippen LogP contribution in [0.5, 0.6) is 17.2 Å². The summed E-state index contributed by atoms with van der Waals surface area (Å²) < 4.78 is 50.0. The lowest BCUT2D eigenvalue weighted by Crippen LogP contribution is -2.26. The molecule has 194 valence electrons. The normalized spacial score (nSPS) is 20.9. The van der Waals surface area contributed by atoms with Crippen LogP contribution in [0.1, 0.15) is 40.9 Å². The molecule has 9 heteroatoms. The lowest BCUT2D eigenvalue weighted by molar-refractivity contribution is -0.137. The van der Waals surface area contributed by atoms with Gasteiger partial charge in [-0.15, -0.1) is 0 Å². The van der Waals surface area contributed by atoms with Crippen LogP contribution in [0.4, 0.5) is 13.2 Å². The van der Waals surface area contributed by atoms with E-state index in [-0.39, 0.29) is 18.2 Å². The number of aliphatic hydroxyl groups is 1. The molecule has 1 N–H and O–H groups in total. The summed E-state index contributed by atoms with van der Waals surface area (Å²) in [6, 6.07) is 16.2. The lowest BCUT2D eigenvalue weighted by Gasteiger charge is -2.19. The Morgan fingerprint density at radius 2 is 1.62 bits per heavy atom. The van der Waals surface area contributed by atoms with Crippen LogP contribution < -0.4 is 9.47 Å². The maximum atomic E-state index is 12.9. The zero-order valence-electron chi connectivity index (χ0n) is 20.7. The van der Waals surface area contributed by atoms with Crippen molar-refractivity contribution in [2.24, 2.45) is 0 Å². The highest BCUT2D eigenvalue weighted by Gasteiger charge is 2.74. The maximum Gasteiger partial charge on any atom is 0.416 e. The van der Waals surface area contributed by atoms with Gasteiger partial charge in [-0.3, -0.25) is 9.59 Å². The molecule has 2 unspecified atom stereocenters. The minimum atomic E-state index is -4.41. The Bertz CT molecular complexity index is 1350. The molecule has 1 aliphatic rings. The largest absolute Gasteiger partial charge is 0.476 e. The van der Waals surface area contributed by atoms with Gasteiger partial charge in [0.05, 0.1) is 5.56 Å². The van der Waals surface area contributed by atoms with E-state index in [2.05, 4.69) is 0 Å². The van der Waals surface area contributed by atoms with Crippen molar-refractivity contribution in [2.45, 2.75) is 44.7 Å². The molecule has 3 aromatic rings. The fourth-order valence-corrected chi connectivity index (χ4v) is 3.96. The number of carbonyl (C=O) groups is 2. The first-order valence-electron chi connectivity index (χ1n) is 11.5. The van der Waals surface area contributed by atoms with Crippen molar-refractivity contribution in [3.8, 4) is 17.2 Å². The van der Waals surface area contributed by atoms with Crippen molar-refractivity contribution >= 4 is 11.7 Å². The predicted octanol–water partition coefficient (Wildman–Crippen LogP) is 5.55. The summed E-state index contributed by atoms with van der Waals surface area (Å²) in [7, 11) is 1.57. The van der Waals surface area contributed by atoms with Gasteiger partial charge in [0.1, 0.15) is 17.2 Å². The van der Waals surface area contributed by atoms with E-state index in [0.29, 0.717) is 33.9 Å². The van der Waals surface area contributed by atoms with E-state index in [4.69, 9.17) is 9.47 Å². The summed E-state index contributed by atoms with van der Waals surface area (Å²) in [6.07, 6.45) is -4.41. The van der Waals surface area contributed by atoms with E-state index in [1.165, 1.54) is 30.9 Å². The molecule has 3 aromatic carbocycles. The second-order valence-electron chi connectivity index (χ2n) is 9.45. The zero-order valence-corrected chi connectivity index (χ0v) is 20.7. The number of halogens is 3. The topological polar surface area (TPSA) is 76.1 Å². The molecule has 1 fully saturated rings. The van der Waals surface area contributed by atoms with Crippen molar-refractivity contribution in [2.75, 3.05) is 7.05 Å².